The second-order valence-corrected chi connectivity index (χ2v) is 5.19. The first-order valence-electron chi connectivity index (χ1n) is 7.23. The highest BCUT2D eigenvalue weighted by Gasteiger charge is 2.30. The number of nitrogens with one attached hydrogen (secondary N) is 2. The van der Waals surface area contributed by atoms with Crippen LogP contribution in [0.1, 0.15) is 23.6 Å². The first-order valence-corrected chi connectivity index (χ1v) is 7.23. The molecule has 2 amide bonds. The van der Waals surface area contributed by atoms with E-state index in [1.165, 1.54) is 0 Å². The number of anilines is 1. The summed E-state index contributed by atoms with van der Waals surface area (Å²) >= 11 is 0. The molecule has 2 N–H and O–H groups in total. The topological polar surface area (TPSA) is 106 Å². The average Bonchev–Trinajstić information content (AvgIpc) is 2.95. The van der Waals surface area contributed by atoms with Crippen molar-refractivity contribution < 1.29 is 19.0 Å². The van der Waals surface area contributed by atoms with E-state index in [0.717, 1.165) is 5.56 Å². The fourth-order valence-corrected chi connectivity index (χ4v) is 2.44. The molecule has 2 aromatic rings. The number of benzene rings is 1. The minimum absolute atomic E-state index is 0.135. The molecule has 0 bridgehead atoms. The van der Waals surface area contributed by atoms with Crippen LogP contribution in [0.4, 0.5) is 5.69 Å². The summed E-state index contributed by atoms with van der Waals surface area (Å²) in [4.78, 5) is 24.1. The van der Waals surface area contributed by atoms with E-state index >= 15 is 0 Å². The maximum atomic E-state index is 12.3. The van der Waals surface area contributed by atoms with Crippen LogP contribution >= 0.6 is 0 Å². The van der Waals surface area contributed by atoms with Crippen LogP contribution in [-0.2, 0) is 9.59 Å². The number of fused-ring (bicyclic) bond motifs is 1. The summed E-state index contributed by atoms with van der Waals surface area (Å²) in [5.41, 5.74) is 2.06. The zero-order valence-corrected chi connectivity index (χ0v) is 12.5. The van der Waals surface area contributed by atoms with Gasteiger partial charge < -0.3 is 15.4 Å². The molecule has 0 spiro atoms. The number of hydrogen-bond acceptors (Lipinski definition) is 6. The van der Waals surface area contributed by atoms with Gasteiger partial charge in [-0.1, -0.05) is 23.4 Å². The zero-order chi connectivity index (χ0) is 16.2. The molecule has 23 heavy (non-hydrogen) atoms. The van der Waals surface area contributed by atoms with E-state index in [0.29, 0.717) is 23.8 Å². The van der Waals surface area contributed by atoms with E-state index < -0.39 is 5.92 Å². The summed E-state index contributed by atoms with van der Waals surface area (Å²) in [5, 5.41) is 12.7. The van der Waals surface area contributed by atoms with Crippen molar-refractivity contribution in [3.05, 3.63) is 35.5 Å². The third kappa shape index (κ3) is 3.31. The van der Waals surface area contributed by atoms with E-state index in [-0.39, 0.29) is 24.8 Å². The second kappa shape index (κ2) is 6.47. The Kier molecular flexibility index (Phi) is 4.22. The van der Waals surface area contributed by atoms with Gasteiger partial charge in [0.15, 0.2) is 0 Å². The Balaban J connectivity index is 1.56. The summed E-state index contributed by atoms with van der Waals surface area (Å²) < 4.78 is 9.86. The van der Waals surface area contributed by atoms with E-state index in [4.69, 9.17) is 4.74 Å². The lowest BCUT2D eigenvalue weighted by Gasteiger charge is -2.24. The van der Waals surface area contributed by atoms with Crippen molar-refractivity contribution in [2.24, 2.45) is 0 Å². The number of aromatic nitrogens is 2. The molecule has 0 fully saturated rings. The largest absolute Gasteiger partial charge is 0.472 e. The van der Waals surface area contributed by atoms with Gasteiger partial charge in [-0.25, -0.2) is 4.63 Å². The van der Waals surface area contributed by atoms with Gasteiger partial charge in [0.25, 0.3) is 5.88 Å². The van der Waals surface area contributed by atoms with Crippen molar-refractivity contribution in [1.29, 1.82) is 0 Å². The predicted molar refractivity (Wildman–Crippen MR) is 80.0 cm³/mol. The highest BCUT2D eigenvalue weighted by molar-refractivity contribution is 6.01. The molecular weight excluding hydrogens is 300 g/mol. The maximum absolute atomic E-state index is 12.3. The molecule has 1 aromatic heterocycles. The Morgan fingerprint density at radius 2 is 2.26 bits per heavy atom. The molecule has 2 heterocycles. The monoisotopic (exact) mass is 316 g/mol. The fourth-order valence-electron chi connectivity index (χ4n) is 2.44. The van der Waals surface area contributed by atoms with Crippen LogP contribution in [0.5, 0.6) is 5.88 Å². The highest BCUT2D eigenvalue weighted by Crippen LogP contribution is 2.31. The van der Waals surface area contributed by atoms with Gasteiger partial charge in [-0.2, -0.15) is 0 Å². The van der Waals surface area contributed by atoms with E-state index in [2.05, 4.69) is 25.6 Å². The van der Waals surface area contributed by atoms with Crippen LogP contribution in [0, 0.1) is 6.92 Å². The first kappa shape index (κ1) is 15.0. The van der Waals surface area contributed by atoms with Crippen LogP contribution in [0.25, 0.3) is 0 Å². The van der Waals surface area contributed by atoms with Gasteiger partial charge in [0.2, 0.25) is 11.8 Å². The first-order chi connectivity index (χ1) is 11.1. The van der Waals surface area contributed by atoms with Gasteiger partial charge in [0, 0.05) is 12.1 Å². The number of rotatable bonds is 5. The lowest BCUT2D eigenvalue weighted by molar-refractivity contribution is -0.126. The van der Waals surface area contributed by atoms with Crippen molar-refractivity contribution >= 4 is 17.5 Å². The summed E-state index contributed by atoms with van der Waals surface area (Å²) in [7, 11) is 0. The van der Waals surface area contributed by atoms with Crippen molar-refractivity contribution in [2.75, 3.05) is 18.5 Å². The molecule has 8 nitrogen and oxygen atoms in total. The van der Waals surface area contributed by atoms with E-state index in [9.17, 15) is 9.59 Å². The third-order valence-corrected chi connectivity index (χ3v) is 3.57. The van der Waals surface area contributed by atoms with Crippen LogP contribution in [0.2, 0.25) is 0 Å². The van der Waals surface area contributed by atoms with Crippen molar-refractivity contribution in [1.82, 2.24) is 15.6 Å². The van der Waals surface area contributed by atoms with Crippen LogP contribution < -0.4 is 15.4 Å². The molecular formula is C15H16N4O4. The molecule has 0 saturated heterocycles. The molecule has 1 aromatic carbocycles. The van der Waals surface area contributed by atoms with Crippen LogP contribution in [-0.4, -0.2) is 35.3 Å². The quantitative estimate of drug-likeness (QED) is 0.797. The standard InChI is InChI=1S/C15H16N4O4/c1-9-15(19-23-18-9)22-7-6-16-14(21)11-8-13(20)17-12-5-3-2-4-10(11)12/h2-5,11H,6-8H2,1H3,(H,16,21)(H,17,20)/t11-/m1/s1. The Hall–Kier alpha value is -2.90. The Labute approximate surface area is 132 Å². The van der Waals surface area contributed by atoms with Gasteiger partial charge in [-0.3, -0.25) is 9.59 Å². The Morgan fingerprint density at radius 1 is 1.43 bits per heavy atom. The maximum Gasteiger partial charge on any atom is 0.278 e. The van der Waals surface area contributed by atoms with Gasteiger partial charge in [0.1, 0.15) is 12.3 Å². The molecule has 0 aliphatic carbocycles. The molecule has 120 valence electrons. The number of hydrogen-bond donors (Lipinski definition) is 2. The summed E-state index contributed by atoms with van der Waals surface area (Å²) in [5.74, 6) is -0.549. The van der Waals surface area contributed by atoms with Crippen molar-refractivity contribution in [2.45, 2.75) is 19.3 Å². The molecule has 0 saturated carbocycles. The molecule has 0 radical (unpaired) electrons. The lowest BCUT2D eigenvalue weighted by atomic mass is 9.90. The molecule has 1 aliphatic heterocycles. The smallest absolute Gasteiger partial charge is 0.278 e. The Morgan fingerprint density at radius 3 is 3.04 bits per heavy atom. The zero-order valence-electron chi connectivity index (χ0n) is 12.5. The minimum Gasteiger partial charge on any atom is -0.472 e. The highest BCUT2D eigenvalue weighted by atomic mass is 16.6. The third-order valence-electron chi connectivity index (χ3n) is 3.57. The number of ether oxygens (including phenoxy) is 1. The van der Waals surface area contributed by atoms with Crippen molar-refractivity contribution in [3.8, 4) is 5.88 Å². The average molecular weight is 316 g/mol. The minimum atomic E-state index is -0.490. The molecule has 1 aliphatic rings. The summed E-state index contributed by atoms with van der Waals surface area (Å²) in [6.07, 6.45) is 0.135. The number of carbonyl (C=O) groups excluding carboxylic acids is 2. The molecule has 0 unspecified atom stereocenters. The van der Waals surface area contributed by atoms with Gasteiger partial charge in [-0.15, -0.1) is 0 Å². The van der Waals surface area contributed by atoms with Gasteiger partial charge >= 0.3 is 0 Å². The second-order valence-electron chi connectivity index (χ2n) is 5.19. The molecule has 1 atom stereocenters. The van der Waals surface area contributed by atoms with Gasteiger partial charge in [0.05, 0.1) is 12.5 Å². The Bertz CT molecular complexity index is 728. The number of para-hydroxylation sites is 1. The fraction of sp³-hybridized carbons (Fsp3) is 0.333. The molecule has 8 heteroatoms. The van der Waals surface area contributed by atoms with Crippen LogP contribution in [0.3, 0.4) is 0 Å². The lowest BCUT2D eigenvalue weighted by Crippen LogP contribution is -2.36. The number of amides is 2. The number of aryl methyl sites for hydroxylation is 1. The SMILES string of the molecule is Cc1nonc1OCCNC(=O)[C@@H]1CC(=O)Nc2ccccc21. The molecule has 3 rings (SSSR count). The number of nitrogens with zero attached hydrogens (tertiary/aromatic N) is 2. The number of carbonyl (C=O) groups is 2. The van der Waals surface area contributed by atoms with E-state index in [1.807, 2.05) is 18.2 Å². The van der Waals surface area contributed by atoms with Crippen LogP contribution in [0.15, 0.2) is 28.9 Å². The summed E-state index contributed by atoms with van der Waals surface area (Å²) in [6, 6.07) is 7.30. The van der Waals surface area contributed by atoms with Gasteiger partial charge in [-0.05, 0) is 23.7 Å². The van der Waals surface area contributed by atoms with E-state index in [1.54, 1.807) is 13.0 Å². The normalized spacial score (nSPS) is 16.4. The predicted octanol–water partition coefficient (Wildman–Crippen LogP) is 0.999. The summed E-state index contributed by atoms with van der Waals surface area (Å²) in [6.45, 7) is 2.24. The van der Waals surface area contributed by atoms with Crippen molar-refractivity contribution in [3.63, 3.8) is 0 Å².